The van der Waals surface area contributed by atoms with Crippen LogP contribution in [-0.4, -0.2) is 30.1 Å². The molecule has 7 heteroatoms. The molecule has 0 unspecified atom stereocenters. The highest BCUT2D eigenvalue weighted by Crippen LogP contribution is 2.29. The molecule has 0 aliphatic heterocycles. The smallest absolute Gasteiger partial charge is 0.254 e. The topological polar surface area (TPSA) is 105 Å². The first kappa shape index (κ1) is 24.0. The number of nitrogens with two attached hydrogens (primary N) is 1. The average Bonchev–Trinajstić information content (AvgIpc) is 2.90. The van der Waals surface area contributed by atoms with Crippen LogP contribution in [0.15, 0.2) is 84.9 Å². The predicted molar refractivity (Wildman–Crippen MR) is 136 cm³/mol. The molecule has 0 aromatic heterocycles. The molecule has 3 aromatic carbocycles. The summed E-state index contributed by atoms with van der Waals surface area (Å²) in [7, 11) is 0. The van der Waals surface area contributed by atoms with Crippen LogP contribution in [0.25, 0.3) is 0 Å². The van der Waals surface area contributed by atoms with Gasteiger partial charge in [-0.3, -0.25) is 14.4 Å². The number of carbonyl (C=O) groups excluding carboxylic acids is 3. The van der Waals surface area contributed by atoms with Crippen molar-refractivity contribution in [3.8, 4) is 0 Å². The number of primary amides is 1. The first-order valence-corrected chi connectivity index (χ1v) is 11.9. The molecule has 3 amide bonds. The number of nitrogens with one attached hydrogen (secondary N) is 2. The van der Waals surface area contributed by atoms with E-state index in [1.54, 1.807) is 60.7 Å². The Kier molecular flexibility index (Phi) is 7.77. The molecule has 7 nitrogen and oxygen atoms in total. The normalized spacial score (nSPS) is 13.7. The van der Waals surface area contributed by atoms with Crippen LogP contribution >= 0.6 is 0 Å². The quantitative estimate of drug-likeness (QED) is 0.432. The summed E-state index contributed by atoms with van der Waals surface area (Å²) in [5.74, 6) is -1.09. The van der Waals surface area contributed by atoms with Gasteiger partial charge in [-0.15, -0.1) is 0 Å². The van der Waals surface area contributed by atoms with Crippen molar-refractivity contribution in [2.24, 2.45) is 5.73 Å². The average molecular weight is 471 g/mol. The van der Waals surface area contributed by atoms with Gasteiger partial charge in [-0.25, -0.2) is 0 Å². The molecule has 0 radical (unpaired) electrons. The first-order valence-electron chi connectivity index (χ1n) is 11.9. The lowest BCUT2D eigenvalue weighted by Crippen LogP contribution is -2.61. The fourth-order valence-electron chi connectivity index (χ4n) is 4.50. The van der Waals surface area contributed by atoms with Gasteiger partial charge in [-0.1, -0.05) is 55.7 Å². The van der Waals surface area contributed by atoms with E-state index in [0.29, 0.717) is 16.7 Å². The molecular formula is C28H30N4O3. The molecule has 1 aliphatic carbocycles. The molecular weight excluding hydrogens is 440 g/mol. The summed E-state index contributed by atoms with van der Waals surface area (Å²) in [4.78, 5) is 40.0. The lowest BCUT2D eigenvalue weighted by Gasteiger charge is -2.42. The van der Waals surface area contributed by atoms with Crippen LogP contribution in [0.2, 0.25) is 0 Å². The van der Waals surface area contributed by atoms with Crippen molar-refractivity contribution in [1.29, 1.82) is 0 Å². The van der Waals surface area contributed by atoms with Crippen molar-refractivity contribution < 1.29 is 14.4 Å². The van der Waals surface area contributed by atoms with Crippen molar-refractivity contribution in [3.05, 3.63) is 102 Å². The largest absolute Gasteiger partial charge is 0.366 e. The van der Waals surface area contributed by atoms with E-state index in [4.69, 9.17) is 5.73 Å². The molecule has 4 rings (SSSR count). The highest BCUT2D eigenvalue weighted by molar-refractivity contribution is 5.97. The lowest BCUT2D eigenvalue weighted by molar-refractivity contribution is 0.0874. The Balaban J connectivity index is 1.70. The molecule has 3 aromatic rings. The van der Waals surface area contributed by atoms with E-state index in [0.717, 1.165) is 37.8 Å². The number of carbonyl (C=O) groups is 3. The van der Waals surface area contributed by atoms with Crippen LogP contribution in [0.1, 0.15) is 63.2 Å². The highest BCUT2D eigenvalue weighted by Gasteiger charge is 2.31. The Morgan fingerprint density at radius 3 is 1.63 bits per heavy atom. The number of hydrogen-bond donors (Lipinski definition) is 3. The summed E-state index contributed by atoms with van der Waals surface area (Å²) >= 11 is 0. The number of hydrogen-bond acceptors (Lipinski definition) is 4. The molecule has 0 spiro atoms. The van der Waals surface area contributed by atoms with E-state index in [9.17, 15) is 14.4 Å². The predicted octanol–water partition coefficient (Wildman–Crippen LogP) is 4.07. The standard InChI is InChI=1S/C28H30N4O3/c29-25(33)20-16-18-24(19-17-20)32(23-14-8-3-9-15-23)28(30-26(34)21-10-4-1-5-11-21)31-27(35)22-12-6-2-7-13-22/h1-2,4-7,10-13,16-19,23,28H,3,8-9,14-15H2,(H2,29,33)(H,30,34)(H,31,35). The fraction of sp³-hybridized carbons (Fsp3) is 0.250. The summed E-state index contributed by atoms with van der Waals surface area (Å²) in [5.41, 5.74) is 7.62. The maximum atomic E-state index is 13.2. The molecule has 1 aliphatic rings. The molecule has 0 saturated heterocycles. The summed E-state index contributed by atoms with van der Waals surface area (Å²) in [6.45, 7) is 0. The minimum Gasteiger partial charge on any atom is -0.366 e. The van der Waals surface area contributed by atoms with Gasteiger partial charge in [-0.2, -0.15) is 0 Å². The van der Waals surface area contributed by atoms with E-state index >= 15 is 0 Å². The van der Waals surface area contributed by atoms with Gasteiger partial charge in [0.15, 0.2) is 6.29 Å². The third kappa shape index (κ3) is 6.06. The van der Waals surface area contributed by atoms with Gasteiger partial charge in [0.2, 0.25) is 5.91 Å². The van der Waals surface area contributed by atoms with E-state index in [-0.39, 0.29) is 17.9 Å². The number of anilines is 1. The minimum atomic E-state index is -0.807. The van der Waals surface area contributed by atoms with Crippen molar-refractivity contribution in [2.75, 3.05) is 4.90 Å². The van der Waals surface area contributed by atoms with Gasteiger partial charge < -0.3 is 21.3 Å². The lowest BCUT2D eigenvalue weighted by atomic mass is 9.93. The molecule has 0 bridgehead atoms. The molecule has 35 heavy (non-hydrogen) atoms. The zero-order chi connectivity index (χ0) is 24.6. The Morgan fingerprint density at radius 1 is 0.686 bits per heavy atom. The molecule has 4 N–H and O–H groups in total. The zero-order valence-corrected chi connectivity index (χ0v) is 19.5. The van der Waals surface area contributed by atoms with Crippen LogP contribution in [0.5, 0.6) is 0 Å². The number of amides is 3. The van der Waals surface area contributed by atoms with Crippen LogP contribution in [0, 0.1) is 0 Å². The van der Waals surface area contributed by atoms with E-state index in [2.05, 4.69) is 10.6 Å². The van der Waals surface area contributed by atoms with E-state index in [1.165, 1.54) is 0 Å². The van der Waals surface area contributed by atoms with E-state index < -0.39 is 12.2 Å². The Bertz CT molecular complexity index is 1090. The maximum Gasteiger partial charge on any atom is 0.254 e. The van der Waals surface area contributed by atoms with Crippen molar-refractivity contribution >= 4 is 23.4 Å². The second-order valence-corrected chi connectivity index (χ2v) is 8.69. The molecule has 0 heterocycles. The van der Waals surface area contributed by atoms with Crippen LogP contribution < -0.4 is 21.3 Å². The maximum absolute atomic E-state index is 13.2. The Hall–Kier alpha value is -4.13. The van der Waals surface area contributed by atoms with Gasteiger partial charge in [0.1, 0.15) is 0 Å². The van der Waals surface area contributed by atoms with Crippen molar-refractivity contribution in [2.45, 2.75) is 44.4 Å². The van der Waals surface area contributed by atoms with E-state index in [1.807, 2.05) is 29.2 Å². The number of nitrogens with zero attached hydrogens (tertiary/aromatic N) is 1. The fourth-order valence-corrected chi connectivity index (χ4v) is 4.50. The van der Waals surface area contributed by atoms with Gasteiger partial charge in [0.05, 0.1) is 0 Å². The summed E-state index contributed by atoms with van der Waals surface area (Å²) < 4.78 is 0. The van der Waals surface area contributed by atoms with Gasteiger partial charge in [0.25, 0.3) is 11.8 Å². The zero-order valence-electron chi connectivity index (χ0n) is 19.5. The molecule has 1 saturated carbocycles. The Labute approximate surface area is 205 Å². The minimum absolute atomic E-state index is 0.0975. The van der Waals surface area contributed by atoms with Crippen molar-refractivity contribution in [1.82, 2.24) is 10.6 Å². The third-order valence-electron chi connectivity index (χ3n) is 6.30. The molecule has 1 fully saturated rings. The summed E-state index contributed by atoms with van der Waals surface area (Å²) in [6, 6.07) is 24.9. The highest BCUT2D eigenvalue weighted by atomic mass is 16.2. The summed E-state index contributed by atoms with van der Waals surface area (Å²) in [6.07, 6.45) is 4.33. The van der Waals surface area contributed by atoms with Gasteiger partial charge in [-0.05, 0) is 61.4 Å². The molecule has 180 valence electrons. The summed E-state index contributed by atoms with van der Waals surface area (Å²) in [5, 5.41) is 6.06. The first-order chi connectivity index (χ1) is 17.0. The Morgan fingerprint density at radius 2 is 1.17 bits per heavy atom. The number of rotatable bonds is 8. The molecule has 0 atom stereocenters. The van der Waals surface area contributed by atoms with Gasteiger partial charge >= 0.3 is 0 Å². The van der Waals surface area contributed by atoms with Crippen LogP contribution in [-0.2, 0) is 0 Å². The third-order valence-corrected chi connectivity index (χ3v) is 6.30. The van der Waals surface area contributed by atoms with Crippen molar-refractivity contribution in [3.63, 3.8) is 0 Å². The number of benzene rings is 3. The van der Waals surface area contributed by atoms with Crippen LogP contribution in [0.3, 0.4) is 0 Å². The SMILES string of the molecule is NC(=O)c1ccc(N(C2CCCCC2)C(NC(=O)c2ccccc2)NC(=O)c2ccccc2)cc1. The van der Waals surface area contributed by atoms with Gasteiger partial charge in [0, 0.05) is 28.4 Å². The second-order valence-electron chi connectivity index (χ2n) is 8.69. The second kappa shape index (κ2) is 11.3. The monoisotopic (exact) mass is 470 g/mol. The van der Waals surface area contributed by atoms with Crippen LogP contribution in [0.4, 0.5) is 5.69 Å².